The van der Waals surface area contributed by atoms with Crippen LogP contribution in [0.2, 0.25) is 0 Å². The van der Waals surface area contributed by atoms with Crippen molar-refractivity contribution in [1.29, 1.82) is 0 Å². The van der Waals surface area contributed by atoms with E-state index in [2.05, 4.69) is 5.32 Å². The lowest BCUT2D eigenvalue weighted by molar-refractivity contribution is -0.118. The average molecular weight is 342 g/mol. The van der Waals surface area contributed by atoms with Gasteiger partial charge in [0.05, 0.1) is 6.26 Å². The summed E-state index contributed by atoms with van der Waals surface area (Å²) in [6.45, 7) is 1.84. The molecule has 0 fully saturated rings. The number of carbonyl (C=O) groups excluding carboxylic acids is 2. The van der Waals surface area contributed by atoms with E-state index < -0.39 is 6.10 Å². The van der Waals surface area contributed by atoms with Gasteiger partial charge in [0.2, 0.25) is 5.91 Å². The van der Waals surface area contributed by atoms with Gasteiger partial charge in [0.1, 0.15) is 11.9 Å². The molecule has 2 N–H and O–H groups in total. The van der Waals surface area contributed by atoms with Gasteiger partial charge in [0.25, 0.3) is 5.91 Å². The number of aliphatic hydroxyl groups is 1. The van der Waals surface area contributed by atoms with Crippen LogP contribution in [-0.4, -0.2) is 30.0 Å². The SMILES string of the molecule is CC(CC(O)c1ccco1)NC(=O)c1ccc2c(c1)CCC(=O)N2C. The monoisotopic (exact) mass is 342 g/mol. The third-order valence-electron chi connectivity index (χ3n) is 4.51. The molecule has 6 nitrogen and oxygen atoms in total. The van der Waals surface area contributed by atoms with Crippen LogP contribution in [-0.2, 0) is 11.2 Å². The number of benzene rings is 1. The van der Waals surface area contributed by atoms with Crippen molar-refractivity contribution >= 4 is 17.5 Å². The smallest absolute Gasteiger partial charge is 0.251 e. The molecule has 1 aliphatic heterocycles. The Morgan fingerprint density at radius 2 is 2.16 bits per heavy atom. The first kappa shape index (κ1) is 17.2. The summed E-state index contributed by atoms with van der Waals surface area (Å²) in [6.07, 6.45) is 2.22. The summed E-state index contributed by atoms with van der Waals surface area (Å²) in [6, 6.07) is 8.58. The molecular weight excluding hydrogens is 320 g/mol. The van der Waals surface area contributed by atoms with Gasteiger partial charge in [0, 0.05) is 37.2 Å². The molecule has 6 heteroatoms. The molecule has 25 heavy (non-hydrogen) atoms. The van der Waals surface area contributed by atoms with Gasteiger partial charge in [-0.2, -0.15) is 0 Å². The molecule has 0 saturated heterocycles. The van der Waals surface area contributed by atoms with E-state index in [4.69, 9.17) is 4.42 Å². The van der Waals surface area contributed by atoms with E-state index in [1.807, 2.05) is 19.1 Å². The van der Waals surface area contributed by atoms with E-state index in [-0.39, 0.29) is 17.9 Å². The summed E-state index contributed by atoms with van der Waals surface area (Å²) < 4.78 is 5.17. The standard InChI is InChI=1S/C19H22N2O4/c1-12(10-16(22)17-4-3-9-25-17)20-19(24)14-5-7-15-13(11-14)6-8-18(23)21(15)2/h3-5,7,9,11-12,16,22H,6,8,10H2,1-2H3,(H,20,24). The number of fused-ring (bicyclic) bond motifs is 1. The van der Waals surface area contributed by atoms with Gasteiger partial charge in [-0.05, 0) is 49.2 Å². The minimum atomic E-state index is -0.756. The summed E-state index contributed by atoms with van der Waals surface area (Å²) >= 11 is 0. The maximum absolute atomic E-state index is 12.5. The molecule has 2 heterocycles. The first-order chi connectivity index (χ1) is 12.0. The number of nitrogens with zero attached hydrogens (tertiary/aromatic N) is 1. The van der Waals surface area contributed by atoms with Crippen LogP contribution in [0.25, 0.3) is 0 Å². The van der Waals surface area contributed by atoms with Crippen molar-refractivity contribution in [3.05, 3.63) is 53.5 Å². The van der Waals surface area contributed by atoms with Crippen molar-refractivity contribution in [2.24, 2.45) is 0 Å². The van der Waals surface area contributed by atoms with Crippen LogP contribution in [0.1, 0.15) is 47.6 Å². The summed E-state index contributed by atoms with van der Waals surface area (Å²) in [4.78, 5) is 25.8. The fraction of sp³-hybridized carbons (Fsp3) is 0.368. The third kappa shape index (κ3) is 3.74. The Morgan fingerprint density at radius 3 is 2.88 bits per heavy atom. The van der Waals surface area contributed by atoms with E-state index >= 15 is 0 Å². The van der Waals surface area contributed by atoms with E-state index in [0.717, 1.165) is 11.3 Å². The number of carbonyl (C=O) groups is 2. The van der Waals surface area contributed by atoms with Crippen molar-refractivity contribution in [3.8, 4) is 0 Å². The molecular formula is C19H22N2O4. The average Bonchev–Trinajstić information content (AvgIpc) is 3.12. The van der Waals surface area contributed by atoms with Gasteiger partial charge in [-0.15, -0.1) is 0 Å². The molecule has 0 radical (unpaired) electrons. The fourth-order valence-electron chi connectivity index (χ4n) is 3.10. The highest BCUT2D eigenvalue weighted by molar-refractivity contribution is 5.99. The van der Waals surface area contributed by atoms with Gasteiger partial charge in [-0.1, -0.05) is 0 Å². The van der Waals surface area contributed by atoms with Gasteiger partial charge in [-0.3, -0.25) is 9.59 Å². The van der Waals surface area contributed by atoms with Gasteiger partial charge < -0.3 is 19.7 Å². The van der Waals surface area contributed by atoms with Crippen LogP contribution >= 0.6 is 0 Å². The second kappa shape index (κ2) is 7.11. The van der Waals surface area contributed by atoms with Gasteiger partial charge in [0.15, 0.2) is 0 Å². The number of furan rings is 1. The van der Waals surface area contributed by atoms with E-state index in [9.17, 15) is 14.7 Å². The number of hydrogen-bond donors (Lipinski definition) is 2. The molecule has 3 rings (SSSR count). The first-order valence-corrected chi connectivity index (χ1v) is 8.37. The second-order valence-corrected chi connectivity index (χ2v) is 6.44. The van der Waals surface area contributed by atoms with Crippen LogP contribution in [0.15, 0.2) is 41.0 Å². The zero-order valence-corrected chi connectivity index (χ0v) is 14.4. The molecule has 0 bridgehead atoms. The number of hydrogen-bond acceptors (Lipinski definition) is 4. The van der Waals surface area contributed by atoms with Crippen LogP contribution in [0.4, 0.5) is 5.69 Å². The summed E-state index contributed by atoms with van der Waals surface area (Å²) in [5, 5.41) is 13.0. The van der Waals surface area contributed by atoms with E-state index in [1.54, 1.807) is 30.1 Å². The van der Waals surface area contributed by atoms with Crippen molar-refractivity contribution in [2.45, 2.75) is 38.3 Å². The molecule has 2 unspecified atom stereocenters. The highest BCUT2D eigenvalue weighted by Crippen LogP contribution is 2.27. The predicted octanol–water partition coefficient (Wildman–Crippen LogP) is 2.43. The molecule has 1 aromatic carbocycles. The minimum Gasteiger partial charge on any atom is -0.467 e. The topological polar surface area (TPSA) is 82.8 Å². The number of amides is 2. The molecule has 0 spiro atoms. The molecule has 2 atom stereocenters. The third-order valence-corrected chi connectivity index (χ3v) is 4.51. The highest BCUT2D eigenvalue weighted by atomic mass is 16.4. The Labute approximate surface area is 146 Å². The second-order valence-electron chi connectivity index (χ2n) is 6.44. The predicted molar refractivity (Wildman–Crippen MR) is 93.4 cm³/mol. The Balaban J connectivity index is 1.64. The van der Waals surface area contributed by atoms with Crippen LogP contribution in [0.3, 0.4) is 0 Å². The van der Waals surface area contributed by atoms with Crippen LogP contribution in [0, 0.1) is 0 Å². The molecule has 1 aromatic heterocycles. The Hall–Kier alpha value is -2.60. The molecule has 2 amide bonds. The molecule has 1 aliphatic rings. The highest BCUT2D eigenvalue weighted by Gasteiger charge is 2.22. The summed E-state index contributed by atoms with van der Waals surface area (Å²) in [5.41, 5.74) is 2.41. The summed E-state index contributed by atoms with van der Waals surface area (Å²) in [7, 11) is 1.75. The molecule has 132 valence electrons. The maximum Gasteiger partial charge on any atom is 0.251 e. The number of aryl methyl sites for hydroxylation is 1. The molecule has 2 aromatic rings. The summed E-state index contributed by atoms with van der Waals surface area (Å²) in [5.74, 6) is 0.384. The van der Waals surface area contributed by atoms with E-state index in [1.165, 1.54) is 6.26 Å². The zero-order chi connectivity index (χ0) is 18.0. The first-order valence-electron chi connectivity index (χ1n) is 8.37. The largest absolute Gasteiger partial charge is 0.467 e. The lowest BCUT2D eigenvalue weighted by atomic mass is 9.98. The van der Waals surface area contributed by atoms with Crippen molar-refractivity contribution < 1.29 is 19.1 Å². The quantitative estimate of drug-likeness (QED) is 0.874. The van der Waals surface area contributed by atoms with Crippen molar-refractivity contribution in [3.63, 3.8) is 0 Å². The minimum absolute atomic E-state index is 0.0882. The maximum atomic E-state index is 12.5. The number of nitrogens with one attached hydrogen (secondary N) is 1. The normalized spacial score (nSPS) is 16.3. The lowest BCUT2D eigenvalue weighted by Crippen LogP contribution is -2.34. The Morgan fingerprint density at radius 1 is 1.36 bits per heavy atom. The van der Waals surface area contributed by atoms with Crippen LogP contribution < -0.4 is 10.2 Å². The van der Waals surface area contributed by atoms with Crippen molar-refractivity contribution in [2.75, 3.05) is 11.9 Å². The van der Waals surface area contributed by atoms with Crippen molar-refractivity contribution in [1.82, 2.24) is 5.32 Å². The van der Waals surface area contributed by atoms with Gasteiger partial charge >= 0.3 is 0 Å². The number of anilines is 1. The Bertz CT molecular complexity index is 770. The Kier molecular flexibility index (Phi) is 4.90. The molecule has 0 saturated carbocycles. The van der Waals surface area contributed by atoms with Gasteiger partial charge in [-0.25, -0.2) is 0 Å². The van der Waals surface area contributed by atoms with Crippen LogP contribution in [0.5, 0.6) is 0 Å². The molecule has 0 aliphatic carbocycles. The number of aliphatic hydroxyl groups excluding tert-OH is 1. The zero-order valence-electron chi connectivity index (χ0n) is 14.4. The number of rotatable bonds is 5. The van der Waals surface area contributed by atoms with E-state index in [0.29, 0.717) is 30.6 Å². The lowest BCUT2D eigenvalue weighted by Gasteiger charge is -2.26. The fourth-order valence-corrected chi connectivity index (χ4v) is 3.10.